The van der Waals surface area contributed by atoms with Crippen LogP contribution in [0.2, 0.25) is 0 Å². The van der Waals surface area contributed by atoms with Crippen LogP contribution in [0.5, 0.6) is 17.2 Å². The lowest BCUT2D eigenvalue weighted by molar-refractivity contribution is 0.0426. The number of methoxy groups -OCH3 is 1. The number of aromatic nitrogens is 2. The first kappa shape index (κ1) is 17.3. The molecule has 3 aromatic rings. The zero-order valence-corrected chi connectivity index (χ0v) is 14.1. The second-order valence-electron chi connectivity index (χ2n) is 5.45. The third-order valence-corrected chi connectivity index (χ3v) is 3.70. The summed E-state index contributed by atoms with van der Waals surface area (Å²) in [7, 11) is 1.55. The Hall–Kier alpha value is -3.55. The number of esters is 1. The lowest BCUT2D eigenvalue weighted by Crippen LogP contribution is -2.06. The van der Waals surface area contributed by atoms with Gasteiger partial charge in [0.05, 0.1) is 7.11 Å². The highest BCUT2D eigenvalue weighted by Crippen LogP contribution is 2.32. The van der Waals surface area contributed by atoms with Gasteiger partial charge in [0, 0.05) is 5.56 Å². The van der Waals surface area contributed by atoms with Crippen molar-refractivity contribution in [1.82, 2.24) is 10.1 Å². The summed E-state index contributed by atoms with van der Waals surface area (Å²) in [5, 5.41) is 23.4. The standard InChI is InChI=1S/C18H16N2O6/c1-10-6-7-13(16(22)15(10)21)18(23)25-9-14-19-17(20-26-14)11-4-3-5-12(8-11)24-2/h3-8,21-22H,9H2,1-2H3. The Labute approximate surface area is 148 Å². The molecule has 0 atom stereocenters. The monoisotopic (exact) mass is 356 g/mol. The maximum Gasteiger partial charge on any atom is 0.342 e. The van der Waals surface area contributed by atoms with Gasteiger partial charge in [0.2, 0.25) is 5.82 Å². The molecule has 0 spiro atoms. The molecule has 3 rings (SSSR count). The van der Waals surface area contributed by atoms with Crippen molar-refractivity contribution in [2.75, 3.05) is 7.11 Å². The van der Waals surface area contributed by atoms with Crippen LogP contribution in [0.15, 0.2) is 40.9 Å². The lowest BCUT2D eigenvalue weighted by Gasteiger charge is -2.07. The second-order valence-corrected chi connectivity index (χ2v) is 5.45. The molecule has 0 amide bonds. The van der Waals surface area contributed by atoms with Gasteiger partial charge in [-0.25, -0.2) is 4.79 Å². The molecule has 1 aromatic heterocycles. The van der Waals surface area contributed by atoms with Crippen molar-refractivity contribution in [2.24, 2.45) is 0 Å². The fourth-order valence-electron chi connectivity index (χ4n) is 2.24. The van der Waals surface area contributed by atoms with Crippen molar-refractivity contribution in [2.45, 2.75) is 13.5 Å². The highest BCUT2D eigenvalue weighted by molar-refractivity contribution is 5.93. The van der Waals surface area contributed by atoms with Crippen molar-refractivity contribution < 1.29 is 29.0 Å². The summed E-state index contributed by atoms with van der Waals surface area (Å²) in [6, 6.07) is 9.97. The number of ether oxygens (including phenoxy) is 2. The molecule has 134 valence electrons. The maximum absolute atomic E-state index is 12.1. The minimum absolute atomic E-state index is 0.0898. The zero-order chi connectivity index (χ0) is 18.7. The maximum atomic E-state index is 12.1. The fraction of sp³-hybridized carbons (Fsp3) is 0.167. The Balaban J connectivity index is 1.70. The van der Waals surface area contributed by atoms with E-state index in [1.807, 2.05) is 0 Å². The van der Waals surface area contributed by atoms with E-state index in [-0.39, 0.29) is 23.8 Å². The highest BCUT2D eigenvalue weighted by Gasteiger charge is 2.18. The van der Waals surface area contributed by atoms with Crippen LogP contribution >= 0.6 is 0 Å². The molecule has 0 bridgehead atoms. The molecular formula is C18H16N2O6. The van der Waals surface area contributed by atoms with Gasteiger partial charge in [0.25, 0.3) is 5.89 Å². The summed E-state index contributed by atoms with van der Waals surface area (Å²) >= 11 is 0. The van der Waals surface area contributed by atoms with Crippen molar-refractivity contribution in [3.05, 3.63) is 53.4 Å². The van der Waals surface area contributed by atoms with Gasteiger partial charge in [-0.15, -0.1) is 0 Å². The first-order valence-electron chi connectivity index (χ1n) is 7.65. The van der Waals surface area contributed by atoms with Crippen LogP contribution in [-0.4, -0.2) is 33.4 Å². The molecular weight excluding hydrogens is 340 g/mol. The van der Waals surface area contributed by atoms with Crippen molar-refractivity contribution in [1.29, 1.82) is 0 Å². The van der Waals surface area contributed by atoms with Crippen LogP contribution in [0.3, 0.4) is 0 Å². The average Bonchev–Trinajstić information content (AvgIpc) is 3.13. The van der Waals surface area contributed by atoms with Gasteiger partial charge < -0.3 is 24.2 Å². The first-order chi connectivity index (χ1) is 12.5. The van der Waals surface area contributed by atoms with Crippen molar-refractivity contribution >= 4 is 5.97 Å². The Bertz CT molecular complexity index is 951. The predicted octanol–water partition coefficient (Wildman–Crippen LogP) is 2.82. The number of phenolic OH excluding ortho intramolecular Hbond substituents is 2. The summed E-state index contributed by atoms with van der Waals surface area (Å²) in [5.41, 5.74) is 0.978. The number of benzene rings is 2. The summed E-state index contributed by atoms with van der Waals surface area (Å²) in [4.78, 5) is 16.2. The van der Waals surface area contributed by atoms with Gasteiger partial charge in [-0.3, -0.25) is 0 Å². The summed E-state index contributed by atoms with van der Waals surface area (Å²) in [6.45, 7) is 1.33. The number of rotatable bonds is 5. The molecule has 0 aliphatic carbocycles. The minimum Gasteiger partial charge on any atom is -0.504 e. The molecule has 2 N–H and O–H groups in total. The van der Waals surface area contributed by atoms with E-state index in [1.54, 1.807) is 38.3 Å². The third-order valence-electron chi connectivity index (χ3n) is 3.70. The number of aromatic hydroxyl groups is 2. The van der Waals surface area contributed by atoms with Gasteiger partial charge in [-0.1, -0.05) is 23.4 Å². The van der Waals surface area contributed by atoms with Crippen LogP contribution < -0.4 is 4.74 Å². The smallest absolute Gasteiger partial charge is 0.342 e. The molecule has 1 heterocycles. The molecule has 26 heavy (non-hydrogen) atoms. The normalized spacial score (nSPS) is 10.5. The number of hydrogen-bond donors (Lipinski definition) is 2. The molecule has 0 unspecified atom stereocenters. The number of phenols is 2. The molecule has 0 saturated carbocycles. The lowest BCUT2D eigenvalue weighted by atomic mass is 10.1. The van der Waals surface area contributed by atoms with Gasteiger partial charge in [0.1, 0.15) is 11.3 Å². The van der Waals surface area contributed by atoms with Gasteiger partial charge >= 0.3 is 5.97 Å². The summed E-state index contributed by atoms with van der Waals surface area (Å²) < 4.78 is 15.3. The second kappa shape index (κ2) is 7.14. The number of carbonyl (C=O) groups is 1. The predicted molar refractivity (Wildman–Crippen MR) is 89.9 cm³/mol. The Morgan fingerprint density at radius 3 is 2.77 bits per heavy atom. The van der Waals surface area contributed by atoms with E-state index in [1.165, 1.54) is 12.1 Å². The highest BCUT2D eigenvalue weighted by atomic mass is 16.6. The third kappa shape index (κ3) is 3.44. The van der Waals surface area contributed by atoms with E-state index in [9.17, 15) is 15.0 Å². The molecule has 0 aliphatic heterocycles. The molecule has 8 nitrogen and oxygen atoms in total. The number of hydrogen-bond acceptors (Lipinski definition) is 8. The fourth-order valence-corrected chi connectivity index (χ4v) is 2.24. The van der Waals surface area contributed by atoms with Crippen LogP contribution in [0.4, 0.5) is 0 Å². The Kier molecular flexibility index (Phi) is 4.74. The van der Waals surface area contributed by atoms with E-state index in [2.05, 4.69) is 10.1 Å². The van der Waals surface area contributed by atoms with E-state index in [4.69, 9.17) is 14.0 Å². The van der Waals surface area contributed by atoms with Crippen LogP contribution in [0.25, 0.3) is 11.4 Å². The zero-order valence-electron chi connectivity index (χ0n) is 14.1. The van der Waals surface area contributed by atoms with E-state index >= 15 is 0 Å². The molecule has 2 aromatic carbocycles. The van der Waals surface area contributed by atoms with E-state index in [0.717, 1.165) is 0 Å². The number of aryl methyl sites for hydroxylation is 1. The first-order valence-corrected chi connectivity index (χ1v) is 7.65. The topological polar surface area (TPSA) is 115 Å². The molecule has 0 saturated heterocycles. The van der Waals surface area contributed by atoms with Crippen molar-refractivity contribution in [3.63, 3.8) is 0 Å². The molecule has 0 aliphatic rings. The largest absolute Gasteiger partial charge is 0.504 e. The molecule has 0 radical (unpaired) electrons. The Morgan fingerprint density at radius 2 is 2.00 bits per heavy atom. The molecule has 0 fully saturated rings. The summed E-state index contributed by atoms with van der Waals surface area (Å²) in [5.74, 6) is -0.651. The van der Waals surface area contributed by atoms with Crippen LogP contribution in [0.1, 0.15) is 21.8 Å². The average molecular weight is 356 g/mol. The van der Waals surface area contributed by atoms with E-state index in [0.29, 0.717) is 22.7 Å². The van der Waals surface area contributed by atoms with Crippen LogP contribution in [0, 0.1) is 6.92 Å². The Morgan fingerprint density at radius 1 is 1.19 bits per heavy atom. The van der Waals surface area contributed by atoms with Gasteiger partial charge in [-0.05, 0) is 30.7 Å². The minimum atomic E-state index is -0.820. The van der Waals surface area contributed by atoms with E-state index < -0.39 is 11.7 Å². The van der Waals surface area contributed by atoms with Crippen LogP contribution in [-0.2, 0) is 11.3 Å². The van der Waals surface area contributed by atoms with Crippen molar-refractivity contribution in [3.8, 4) is 28.6 Å². The summed E-state index contributed by atoms with van der Waals surface area (Å²) in [6.07, 6.45) is 0. The SMILES string of the molecule is COc1cccc(-c2noc(COC(=O)c3ccc(C)c(O)c3O)n2)c1. The number of nitrogens with zero attached hydrogens (tertiary/aromatic N) is 2. The van der Waals surface area contributed by atoms with Gasteiger partial charge in [-0.2, -0.15) is 4.98 Å². The van der Waals surface area contributed by atoms with Gasteiger partial charge in [0.15, 0.2) is 18.1 Å². The number of carbonyl (C=O) groups excluding carboxylic acids is 1. The quantitative estimate of drug-likeness (QED) is 0.530. The molecule has 8 heteroatoms.